The van der Waals surface area contributed by atoms with Gasteiger partial charge in [-0.15, -0.1) is 0 Å². The third-order valence-corrected chi connectivity index (χ3v) is 1.90. The first-order valence-corrected chi connectivity index (χ1v) is 4.11. The average molecular weight is 189 g/mol. The first-order valence-electron chi connectivity index (χ1n) is 4.11. The van der Waals surface area contributed by atoms with Gasteiger partial charge in [-0.25, -0.2) is 0 Å². The van der Waals surface area contributed by atoms with Gasteiger partial charge in [-0.1, -0.05) is 0 Å². The minimum Gasteiger partial charge on any atom is -0.468 e. The van der Waals surface area contributed by atoms with Crippen molar-refractivity contribution in [1.82, 2.24) is 0 Å². The van der Waals surface area contributed by atoms with Crippen molar-refractivity contribution in [1.29, 1.82) is 0 Å². The van der Waals surface area contributed by atoms with Gasteiger partial charge in [0.1, 0.15) is 12.1 Å². The van der Waals surface area contributed by atoms with Crippen molar-refractivity contribution in [3.05, 3.63) is 0 Å². The van der Waals surface area contributed by atoms with E-state index < -0.39 is 23.9 Å². The van der Waals surface area contributed by atoms with Crippen molar-refractivity contribution in [2.24, 2.45) is 5.73 Å². The topological polar surface area (TPSA) is 70.8 Å². The molecule has 5 heteroatoms. The highest BCUT2D eigenvalue weighted by molar-refractivity contribution is 5.76. The third-order valence-electron chi connectivity index (χ3n) is 1.90. The second-order valence-corrected chi connectivity index (χ2v) is 3.42. The fraction of sp³-hybridized carbons (Fsp3) is 0.875. The summed E-state index contributed by atoms with van der Waals surface area (Å²) < 4.78 is 15.1. The van der Waals surface area contributed by atoms with Gasteiger partial charge < -0.3 is 19.9 Å². The molecule has 0 aromatic carbocycles. The molecule has 76 valence electrons. The van der Waals surface area contributed by atoms with Crippen LogP contribution in [0.15, 0.2) is 0 Å². The summed E-state index contributed by atoms with van der Waals surface area (Å²) in [5, 5.41) is 0. The highest BCUT2D eigenvalue weighted by atomic mass is 16.7. The van der Waals surface area contributed by atoms with Gasteiger partial charge in [0.2, 0.25) is 0 Å². The smallest absolute Gasteiger partial charge is 0.325 e. The van der Waals surface area contributed by atoms with E-state index >= 15 is 0 Å². The first-order chi connectivity index (χ1) is 5.96. The Bertz CT molecular complexity index is 204. The van der Waals surface area contributed by atoms with Crippen LogP contribution in [0.3, 0.4) is 0 Å². The molecule has 1 aliphatic rings. The van der Waals surface area contributed by atoms with Gasteiger partial charge in [-0.2, -0.15) is 0 Å². The second-order valence-electron chi connectivity index (χ2n) is 3.42. The number of carbonyl (C=O) groups excluding carboxylic acids is 1. The van der Waals surface area contributed by atoms with E-state index in [0.717, 1.165) is 0 Å². The van der Waals surface area contributed by atoms with Crippen LogP contribution in [0.5, 0.6) is 0 Å². The summed E-state index contributed by atoms with van der Waals surface area (Å²) >= 11 is 0. The van der Waals surface area contributed by atoms with Crippen LogP contribution in [0.2, 0.25) is 0 Å². The van der Waals surface area contributed by atoms with Crippen LogP contribution in [-0.2, 0) is 19.0 Å². The number of nitrogens with two attached hydrogens (primary N) is 1. The maximum Gasteiger partial charge on any atom is 0.325 e. The van der Waals surface area contributed by atoms with Gasteiger partial charge in [0.15, 0.2) is 5.79 Å². The zero-order chi connectivity index (χ0) is 10.1. The van der Waals surface area contributed by atoms with E-state index in [1.807, 2.05) is 0 Å². The summed E-state index contributed by atoms with van der Waals surface area (Å²) in [5.41, 5.74) is 5.57. The van der Waals surface area contributed by atoms with Crippen LogP contribution in [-0.4, -0.2) is 37.6 Å². The van der Waals surface area contributed by atoms with Crippen molar-refractivity contribution in [2.75, 3.05) is 13.7 Å². The van der Waals surface area contributed by atoms with E-state index in [4.69, 9.17) is 15.2 Å². The Morgan fingerprint density at radius 3 is 2.69 bits per heavy atom. The summed E-state index contributed by atoms with van der Waals surface area (Å²) in [6.07, 6.45) is -0.414. The molecule has 2 unspecified atom stereocenters. The predicted molar refractivity (Wildman–Crippen MR) is 44.9 cm³/mol. The first kappa shape index (κ1) is 10.4. The molecule has 13 heavy (non-hydrogen) atoms. The molecular weight excluding hydrogens is 174 g/mol. The molecule has 0 spiro atoms. The van der Waals surface area contributed by atoms with E-state index in [2.05, 4.69) is 4.74 Å². The zero-order valence-electron chi connectivity index (χ0n) is 8.07. The van der Waals surface area contributed by atoms with E-state index in [9.17, 15) is 4.79 Å². The quantitative estimate of drug-likeness (QED) is 0.600. The molecule has 0 bridgehead atoms. The molecule has 1 aliphatic heterocycles. The summed E-state index contributed by atoms with van der Waals surface area (Å²) in [5.74, 6) is -1.14. The lowest BCUT2D eigenvalue weighted by Crippen LogP contribution is -2.44. The van der Waals surface area contributed by atoms with E-state index in [1.165, 1.54) is 7.11 Å². The number of ether oxygens (including phenoxy) is 3. The van der Waals surface area contributed by atoms with Crippen LogP contribution < -0.4 is 5.73 Å². The van der Waals surface area contributed by atoms with Crippen molar-refractivity contribution in [3.8, 4) is 0 Å². The molecule has 0 aliphatic carbocycles. The molecule has 1 saturated heterocycles. The summed E-state index contributed by atoms with van der Waals surface area (Å²) in [4.78, 5) is 11.0. The third kappa shape index (κ3) is 2.40. The van der Waals surface area contributed by atoms with Crippen LogP contribution >= 0.6 is 0 Å². The Hall–Kier alpha value is -0.650. The molecule has 2 atom stereocenters. The van der Waals surface area contributed by atoms with Crippen LogP contribution in [0.25, 0.3) is 0 Å². The van der Waals surface area contributed by atoms with E-state index in [0.29, 0.717) is 6.61 Å². The Labute approximate surface area is 77.1 Å². The van der Waals surface area contributed by atoms with Gasteiger partial charge in [-0.3, -0.25) is 4.79 Å². The van der Waals surface area contributed by atoms with Gasteiger partial charge in [0.05, 0.1) is 13.7 Å². The minimum absolute atomic E-state index is 0.323. The Balaban J connectivity index is 2.51. The summed E-state index contributed by atoms with van der Waals surface area (Å²) in [6, 6.07) is -0.772. The second kappa shape index (κ2) is 3.61. The summed E-state index contributed by atoms with van der Waals surface area (Å²) in [6.45, 7) is 3.87. The number of rotatable bonds is 2. The zero-order valence-corrected chi connectivity index (χ0v) is 8.07. The van der Waals surface area contributed by atoms with Crippen LogP contribution in [0.1, 0.15) is 13.8 Å². The number of esters is 1. The van der Waals surface area contributed by atoms with Gasteiger partial charge in [-0.05, 0) is 13.8 Å². The van der Waals surface area contributed by atoms with Crippen LogP contribution in [0.4, 0.5) is 0 Å². The van der Waals surface area contributed by atoms with E-state index in [-0.39, 0.29) is 0 Å². The highest BCUT2D eigenvalue weighted by Crippen LogP contribution is 2.23. The summed E-state index contributed by atoms with van der Waals surface area (Å²) in [7, 11) is 1.29. The molecule has 1 rings (SSSR count). The lowest BCUT2D eigenvalue weighted by atomic mass is 10.2. The van der Waals surface area contributed by atoms with Crippen LogP contribution in [0, 0.1) is 0 Å². The number of hydrogen-bond acceptors (Lipinski definition) is 5. The van der Waals surface area contributed by atoms with Gasteiger partial charge >= 0.3 is 5.97 Å². The lowest BCUT2D eigenvalue weighted by molar-refractivity contribution is -0.155. The molecule has 1 heterocycles. The molecule has 2 N–H and O–H groups in total. The fourth-order valence-electron chi connectivity index (χ4n) is 1.18. The SMILES string of the molecule is COC(=O)C(N)C1COC(C)(C)O1. The number of hydrogen-bond donors (Lipinski definition) is 1. The fourth-order valence-corrected chi connectivity index (χ4v) is 1.18. The van der Waals surface area contributed by atoms with Crippen molar-refractivity contribution < 1.29 is 19.0 Å². The Morgan fingerprint density at radius 2 is 2.31 bits per heavy atom. The van der Waals surface area contributed by atoms with Gasteiger partial charge in [0, 0.05) is 0 Å². The Morgan fingerprint density at radius 1 is 1.69 bits per heavy atom. The Kier molecular flexibility index (Phi) is 2.90. The highest BCUT2D eigenvalue weighted by Gasteiger charge is 2.39. The van der Waals surface area contributed by atoms with E-state index in [1.54, 1.807) is 13.8 Å². The average Bonchev–Trinajstić information content (AvgIpc) is 2.43. The predicted octanol–water partition coefficient (Wildman–Crippen LogP) is -0.362. The minimum atomic E-state index is -0.772. The molecule has 0 aromatic rings. The van der Waals surface area contributed by atoms with Crippen molar-refractivity contribution >= 4 is 5.97 Å². The monoisotopic (exact) mass is 189 g/mol. The number of carbonyl (C=O) groups is 1. The lowest BCUT2D eigenvalue weighted by Gasteiger charge is -2.19. The molecule has 0 amide bonds. The normalized spacial score (nSPS) is 28.5. The molecule has 0 aromatic heterocycles. The van der Waals surface area contributed by atoms with Gasteiger partial charge in [0.25, 0.3) is 0 Å². The maximum atomic E-state index is 11.0. The standard InChI is InChI=1S/C8H15NO4/c1-8(2)12-4-5(13-8)6(9)7(10)11-3/h5-6H,4,9H2,1-3H3. The largest absolute Gasteiger partial charge is 0.468 e. The molecular formula is C8H15NO4. The molecule has 5 nitrogen and oxygen atoms in total. The number of methoxy groups -OCH3 is 1. The maximum absolute atomic E-state index is 11.0. The molecule has 1 fully saturated rings. The molecule has 0 radical (unpaired) electrons. The molecule has 0 saturated carbocycles. The van der Waals surface area contributed by atoms with Crippen molar-refractivity contribution in [3.63, 3.8) is 0 Å². The van der Waals surface area contributed by atoms with Crippen molar-refractivity contribution in [2.45, 2.75) is 31.8 Å².